The van der Waals surface area contributed by atoms with Gasteiger partial charge in [-0.1, -0.05) is 0 Å². The van der Waals surface area contributed by atoms with Gasteiger partial charge in [-0.05, 0) is 12.1 Å². The summed E-state index contributed by atoms with van der Waals surface area (Å²) in [6.07, 6.45) is 6.57. The molecule has 26 heavy (non-hydrogen) atoms. The third kappa shape index (κ3) is 2.88. The lowest BCUT2D eigenvalue weighted by atomic mass is 10.3. The van der Waals surface area contributed by atoms with Crippen molar-refractivity contribution in [1.29, 1.82) is 0 Å². The number of ether oxygens (including phenoxy) is 1. The summed E-state index contributed by atoms with van der Waals surface area (Å²) in [5.74, 6) is 0.110. The fourth-order valence-electron chi connectivity index (χ4n) is 2.50. The summed E-state index contributed by atoms with van der Waals surface area (Å²) < 4.78 is 11.8. The number of amides is 2. The number of nitrogens with zero attached hydrogens (tertiary/aromatic N) is 5. The van der Waals surface area contributed by atoms with E-state index < -0.39 is 12.0 Å². The molecule has 131 valence electrons. The van der Waals surface area contributed by atoms with Crippen LogP contribution in [0.4, 0.5) is 16.3 Å². The zero-order valence-corrected chi connectivity index (χ0v) is 13.7. The number of hydrogen-bond acceptors (Lipinski definition) is 7. The molecule has 0 unspecified atom stereocenters. The summed E-state index contributed by atoms with van der Waals surface area (Å²) in [5.41, 5.74) is 1.12. The Bertz CT molecular complexity index is 964. The molecule has 0 aliphatic carbocycles. The van der Waals surface area contributed by atoms with Crippen LogP contribution in [0.5, 0.6) is 0 Å². The van der Waals surface area contributed by atoms with Crippen molar-refractivity contribution in [3.8, 4) is 11.5 Å². The van der Waals surface area contributed by atoms with Crippen molar-refractivity contribution >= 4 is 23.5 Å². The Labute approximate surface area is 147 Å². The maximum Gasteiger partial charge on any atom is 0.415 e. The van der Waals surface area contributed by atoms with Gasteiger partial charge in [-0.2, -0.15) is 5.10 Å². The third-order valence-corrected chi connectivity index (χ3v) is 3.68. The van der Waals surface area contributed by atoms with Gasteiger partial charge in [-0.15, -0.1) is 0 Å². The van der Waals surface area contributed by atoms with Crippen LogP contribution in [0.1, 0.15) is 10.5 Å². The molecule has 1 aliphatic heterocycles. The first-order valence-corrected chi connectivity index (χ1v) is 7.69. The summed E-state index contributed by atoms with van der Waals surface area (Å²) in [7, 11) is 1.69. The highest BCUT2D eigenvalue weighted by molar-refractivity contribution is 6.05. The number of aromatic nitrogens is 4. The van der Waals surface area contributed by atoms with Crippen LogP contribution in [0.2, 0.25) is 0 Å². The number of carbonyl (C=O) groups excluding carboxylic acids is 2. The molecule has 3 aromatic heterocycles. The van der Waals surface area contributed by atoms with E-state index >= 15 is 0 Å². The van der Waals surface area contributed by atoms with E-state index in [1.807, 2.05) is 0 Å². The van der Waals surface area contributed by atoms with Crippen LogP contribution in [-0.4, -0.2) is 44.9 Å². The molecular formula is C16H13N6O4. The van der Waals surface area contributed by atoms with Crippen LogP contribution in [0.15, 0.2) is 35.2 Å². The van der Waals surface area contributed by atoms with Crippen molar-refractivity contribution in [3.63, 3.8) is 0 Å². The zero-order valence-electron chi connectivity index (χ0n) is 13.7. The molecule has 0 saturated carbocycles. The Balaban J connectivity index is 1.56. The molecule has 0 bridgehead atoms. The second-order valence-electron chi connectivity index (χ2n) is 5.47. The number of cyclic esters (lactones) is 1. The van der Waals surface area contributed by atoms with Crippen molar-refractivity contribution in [1.82, 2.24) is 19.7 Å². The number of nitrogens with one attached hydrogen (secondary N) is 1. The van der Waals surface area contributed by atoms with Gasteiger partial charge in [0.05, 0.1) is 18.9 Å². The Kier molecular flexibility index (Phi) is 3.84. The molecule has 10 heteroatoms. The molecule has 10 nitrogen and oxygen atoms in total. The van der Waals surface area contributed by atoms with Gasteiger partial charge in [-0.25, -0.2) is 9.78 Å². The van der Waals surface area contributed by atoms with E-state index in [0.29, 0.717) is 23.6 Å². The highest BCUT2D eigenvalue weighted by atomic mass is 16.6. The van der Waals surface area contributed by atoms with Crippen molar-refractivity contribution in [2.24, 2.45) is 7.05 Å². The smallest absolute Gasteiger partial charge is 0.415 e. The van der Waals surface area contributed by atoms with E-state index in [1.54, 1.807) is 31.6 Å². The average molecular weight is 353 g/mol. The van der Waals surface area contributed by atoms with Gasteiger partial charge in [0.2, 0.25) is 5.89 Å². The largest absolute Gasteiger partial charge is 0.447 e. The van der Waals surface area contributed by atoms with Crippen LogP contribution in [-0.2, 0) is 11.8 Å². The average Bonchev–Trinajstić information content (AvgIpc) is 3.36. The fraction of sp³-hybridized carbons (Fsp3) is 0.188. The van der Waals surface area contributed by atoms with Crippen molar-refractivity contribution < 1.29 is 18.7 Å². The zero-order chi connectivity index (χ0) is 18.1. The number of rotatable bonds is 4. The number of hydrogen-bond donors (Lipinski definition) is 1. The molecule has 4 heterocycles. The second kappa shape index (κ2) is 6.31. The van der Waals surface area contributed by atoms with Crippen molar-refractivity contribution in [2.75, 3.05) is 23.4 Å². The van der Waals surface area contributed by atoms with Gasteiger partial charge in [0, 0.05) is 18.8 Å². The normalized spacial score (nSPS) is 13.7. The quantitative estimate of drug-likeness (QED) is 0.755. The van der Waals surface area contributed by atoms with E-state index in [9.17, 15) is 9.59 Å². The van der Waals surface area contributed by atoms with E-state index in [-0.39, 0.29) is 18.2 Å². The lowest BCUT2D eigenvalue weighted by molar-refractivity contribution is 0.102. The minimum atomic E-state index is -0.503. The lowest BCUT2D eigenvalue weighted by Gasteiger charge is -2.11. The number of pyridine rings is 1. The first-order chi connectivity index (χ1) is 12.6. The van der Waals surface area contributed by atoms with E-state index in [2.05, 4.69) is 26.6 Å². The van der Waals surface area contributed by atoms with Crippen molar-refractivity contribution in [3.05, 3.63) is 42.7 Å². The molecule has 3 aromatic rings. The number of oxazole rings is 1. The van der Waals surface area contributed by atoms with E-state index in [0.717, 1.165) is 0 Å². The van der Waals surface area contributed by atoms with E-state index in [4.69, 9.17) is 9.15 Å². The van der Waals surface area contributed by atoms with E-state index in [1.165, 1.54) is 15.8 Å². The van der Waals surface area contributed by atoms with Gasteiger partial charge in [0.15, 0.2) is 11.5 Å². The number of anilines is 2. The summed E-state index contributed by atoms with van der Waals surface area (Å²) >= 11 is 0. The molecule has 0 aromatic carbocycles. The maximum absolute atomic E-state index is 12.5. The summed E-state index contributed by atoms with van der Waals surface area (Å²) in [6.45, 7) is 0.643. The van der Waals surface area contributed by atoms with Gasteiger partial charge >= 0.3 is 6.09 Å². The lowest BCUT2D eigenvalue weighted by Crippen LogP contribution is -2.25. The predicted molar refractivity (Wildman–Crippen MR) is 88.4 cm³/mol. The molecule has 1 fully saturated rings. The van der Waals surface area contributed by atoms with Gasteiger partial charge in [0.1, 0.15) is 18.6 Å². The second-order valence-corrected chi connectivity index (χ2v) is 5.47. The fourth-order valence-corrected chi connectivity index (χ4v) is 2.50. The van der Waals surface area contributed by atoms with Gasteiger partial charge < -0.3 is 14.5 Å². The Morgan fingerprint density at radius 3 is 3.04 bits per heavy atom. The minimum absolute atomic E-state index is 0.0932. The summed E-state index contributed by atoms with van der Waals surface area (Å²) in [6, 6.07) is 3.30. The molecule has 0 spiro atoms. The molecular weight excluding hydrogens is 340 g/mol. The Morgan fingerprint density at radius 2 is 2.31 bits per heavy atom. The van der Waals surface area contributed by atoms with Crippen molar-refractivity contribution in [2.45, 2.75) is 0 Å². The van der Waals surface area contributed by atoms with Gasteiger partial charge in [0.25, 0.3) is 5.91 Å². The molecule has 1 N–H and O–H groups in total. The minimum Gasteiger partial charge on any atom is -0.447 e. The topological polar surface area (TPSA) is 115 Å². The number of aryl methyl sites for hydroxylation is 1. The summed E-state index contributed by atoms with van der Waals surface area (Å²) in [5, 5.41) is 6.91. The highest BCUT2D eigenvalue weighted by Gasteiger charge is 2.29. The van der Waals surface area contributed by atoms with Crippen LogP contribution in [0, 0.1) is 6.20 Å². The molecule has 2 amide bonds. The number of carbonyl (C=O) groups is 2. The molecule has 1 saturated heterocycles. The van der Waals surface area contributed by atoms with Crippen LogP contribution >= 0.6 is 0 Å². The van der Waals surface area contributed by atoms with Crippen LogP contribution in [0.3, 0.4) is 0 Å². The summed E-state index contributed by atoms with van der Waals surface area (Å²) in [4.78, 5) is 33.6. The molecule has 1 aliphatic rings. The third-order valence-electron chi connectivity index (χ3n) is 3.68. The Morgan fingerprint density at radius 1 is 1.42 bits per heavy atom. The van der Waals surface area contributed by atoms with Gasteiger partial charge in [-0.3, -0.25) is 19.4 Å². The predicted octanol–water partition coefficient (Wildman–Crippen LogP) is 1.48. The molecule has 4 rings (SSSR count). The standard InChI is InChI=1S/C16H13N6O4/c1-21-8-11(13(20-21)22-6-7-25-16(22)24)18-14(23)12-9-26-15(19-12)10-2-4-17-5-3-10/h2-4,8-9H,6-7H2,1H3,(H,18,23). The first kappa shape index (κ1) is 15.8. The highest BCUT2D eigenvalue weighted by Crippen LogP contribution is 2.27. The monoisotopic (exact) mass is 353 g/mol. The Hall–Kier alpha value is -3.69. The van der Waals surface area contributed by atoms with Crippen LogP contribution < -0.4 is 10.2 Å². The SMILES string of the molecule is Cn1cc(NC(=O)c2coc(-c3c[c]ncc3)n2)c(N2CCOC2=O)n1. The first-order valence-electron chi connectivity index (χ1n) is 7.69. The molecule has 0 atom stereocenters. The van der Waals surface area contributed by atoms with Crippen LogP contribution in [0.25, 0.3) is 11.5 Å². The molecule has 1 radical (unpaired) electrons. The maximum atomic E-state index is 12.5.